The van der Waals surface area contributed by atoms with Crippen molar-refractivity contribution in [1.29, 1.82) is 0 Å². The van der Waals surface area contributed by atoms with Crippen LogP contribution in [0.5, 0.6) is 0 Å². The van der Waals surface area contributed by atoms with Crippen molar-refractivity contribution < 1.29 is 14.7 Å². The Morgan fingerprint density at radius 3 is 2.48 bits per heavy atom. The number of rotatable bonds is 5. The highest BCUT2D eigenvalue weighted by Crippen LogP contribution is 1.97. The third-order valence-electron chi connectivity index (χ3n) is 2.90. The zero-order chi connectivity index (χ0) is 15.2. The molecule has 0 saturated heterocycles. The second kappa shape index (κ2) is 6.51. The van der Waals surface area contributed by atoms with E-state index in [4.69, 9.17) is 5.11 Å². The molecule has 108 valence electrons. The van der Waals surface area contributed by atoms with Gasteiger partial charge in [-0.25, -0.2) is 4.79 Å². The summed E-state index contributed by atoms with van der Waals surface area (Å²) in [6.07, 6.45) is 1.39. The second-order valence-electron chi connectivity index (χ2n) is 4.42. The Bertz CT molecular complexity index is 707. The van der Waals surface area contributed by atoms with Gasteiger partial charge in [0.25, 0.3) is 5.56 Å². The number of amides is 1. The number of aromatic carboxylic acids is 1. The number of carbonyl (C=O) groups is 2. The molecular formula is C15H14N2O4. The van der Waals surface area contributed by atoms with Crippen LogP contribution in [-0.2, 0) is 17.9 Å². The molecule has 0 aliphatic heterocycles. The van der Waals surface area contributed by atoms with E-state index in [-0.39, 0.29) is 18.0 Å². The van der Waals surface area contributed by atoms with E-state index in [0.717, 1.165) is 10.1 Å². The van der Waals surface area contributed by atoms with Gasteiger partial charge in [0.05, 0.1) is 0 Å². The Hall–Kier alpha value is -2.89. The molecule has 0 saturated carbocycles. The molecule has 0 fully saturated rings. The summed E-state index contributed by atoms with van der Waals surface area (Å²) in [5.74, 6) is -1.66. The Labute approximate surface area is 120 Å². The number of nitrogens with one attached hydrogen (secondary N) is 1. The first-order chi connectivity index (χ1) is 10.1. The predicted octanol–water partition coefficient (Wildman–Crippen LogP) is 0.863. The predicted molar refractivity (Wildman–Crippen MR) is 76.0 cm³/mol. The molecule has 1 aromatic carbocycles. The van der Waals surface area contributed by atoms with Crippen molar-refractivity contribution in [3.63, 3.8) is 0 Å². The van der Waals surface area contributed by atoms with Crippen LogP contribution in [0.1, 0.15) is 15.9 Å². The average Bonchev–Trinajstić information content (AvgIpc) is 2.48. The van der Waals surface area contributed by atoms with Gasteiger partial charge in [-0.05, 0) is 17.7 Å². The Balaban J connectivity index is 2.02. The van der Waals surface area contributed by atoms with Crippen LogP contribution in [0.3, 0.4) is 0 Å². The molecule has 0 bridgehead atoms. The highest BCUT2D eigenvalue weighted by atomic mass is 16.4. The van der Waals surface area contributed by atoms with Gasteiger partial charge in [0.2, 0.25) is 5.91 Å². The smallest absolute Gasteiger partial charge is 0.341 e. The van der Waals surface area contributed by atoms with Crippen molar-refractivity contribution in [1.82, 2.24) is 9.88 Å². The van der Waals surface area contributed by atoms with Crippen LogP contribution in [-0.4, -0.2) is 21.6 Å². The summed E-state index contributed by atoms with van der Waals surface area (Å²) < 4.78 is 1.07. The van der Waals surface area contributed by atoms with Crippen molar-refractivity contribution in [3.8, 4) is 0 Å². The number of hydrogen-bond donors (Lipinski definition) is 2. The van der Waals surface area contributed by atoms with Gasteiger partial charge in [0.1, 0.15) is 12.1 Å². The third-order valence-corrected chi connectivity index (χ3v) is 2.90. The van der Waals surface area contributed by atoms with Crippen molar-refractivity contribution in [2.24, 2.45) is 0 Å². The molecule has 2 rings (SSSR count). The summed E-state index contributed by atoms with van der Waals surface area (Å²) in [5, 5.41) is 11.5. The number of carboxylic acid groups (broad SMARTS) is 1. The van der Waals surface area contributed by atoms with Gasteiger partial charge in [-0.15, -0.1) is 0 Å². The first kappa shape index (κ1) is 14.5. The minimum Gasteiger partial charge on any atom is -0.477 e. The molecular weight excluding hydrogens is 272 g/mol. The lowest BCUT2D eigenvalue weighted by Crippen LogP contribution is -2.33. The van der Waals surface area contributed by atoms with Crippen LogP contribution in [0, 0.1) is 0 Å². The topological polar surface area (TPSA) is 88.4 Å². The highest BCUT2D eigenvalue weighted by molar-refractivity contribution is 5.87. The van der Waals surface area contributed by atoms with Crippen molar-refractivity contribution in [2.75, 3.05) is 0 Å². The summed E-state index contributed by atoms with van der Waals surface area (Å²) in [4.78, 5) is 34.5. The third kappa shape index (κ3) is 3.79. The number of aromatic nitrogens is 1. The lowest BCUT2D eigenvalue weighted by atomic mass is 10.2. The second-order valence-corrected chi connectivity index (χ2v) is 4.42. The molecule has 6 heteroatoms. The fourth-order valence-corrected chi connectivity index (χ4v) is 1.83. The Kier molecular flexibility index (Phi) is 4.50. The van der Waals surface area contributed by atoms with Crippen LogP contribution < -0.4 is 10.9 Å². The average molecular weight is 286 g/mol. The summed E-state index contributed by atoms with van der Waals surface area (Å²) >= 11 is 0. The molecule has 2 aromatic rings. The quantitative estimate of drug-likeness (QED) is 0.853. The SMILES string of the molecule is O=C(Cn1cccc(C(=O)O)c1=O)NCc1ccccc1. The molecule has 0 radical (unpaired) electrons. The molecule has 6 nitrogen and oxygen atoms in total. The maximum Gasteiger partial charge on any atom is 0.341 e. The number of pyridine rings is 1. The van der Waals surface area contributed by atoms with Crippen LogP contribution in [0.2, 0.25) is 0 Å². The molecule has 0 spiro atoms. The molecule has 0 aliphatic rings. The first-order valence-corrected chi connectivity index (χ1v) is 6.31. The van der Waals surface area contributed by atoms with Gasteiger partial charge >= 0.3 is 5.97 Å². The fraction of sp³-hybridized carbons (Fsp3) is 0.133. The van der Waals surface area contributed by atoms with Gasteiger partial charge in [-0.3, -0.25) is 9.59 Å². The molecule has 1 heterocycles. The molecule has 2 N–H and O–H groups in total. The van der Waals surface area contributed by atoms with E-state index in [1.54, 1.807) is 0 Å². The molecule has 1 amide bonds. The van der Waals surface area contributed by atoms with Crippen molar-refractivity contribution in [3.05, 3.63) is 70.1 Å². The normalized spacial score (nSPS) is 10.1. The summed E-state index contributed by atoms with van der Waals surface area (Å²) in [7, 11) is 0. The van der Waals surface area contributed by atoms with E-state index in [0.29, 0.717) is 6.54 Å². The fourth-order valence-electron chi connectivity index (χ4n) is 1.83. The number of benzene rings is 1. The maximum atomic E-state index is 11.8. The Morgan fingerprint density at radius 1 is 1.10 bits per heavy atom. The summed E-state index contributed by atoms with van der Waals surface area (Å²) in [6, 6.07) is 12.0. The Morgan fingerprint density at radius 2 is 1.81 bits per heavy atom. The van der Waals surface area contributed by atoms with Crippen LogP contribution in [0.4, 0.5) is 0 Å². The zero-order valence-corrected chi connectivity index (χ0v) is 11.2. The molecule has 0 atom stereocenters. The number of carboxylic acids is 1. The molecule has 0 unspecified atom stereocenters. The zero-order valence-electron chi connectivity index (χ0n) is 11.2. The van der Waals surface area contributed by atoms with Gasteiger partial charge < -0.3 is 15.0 Å². The minimum atomic E-state index is -1.31. The molecule has 1 aromatic heterocycles. The summed E-state index contributed by atoms with van der Waals surface area (Å²) in [5.41, 5.74) is -0.106. The van der Waals surface area contributed by atoms with E-state index < -0.39 is 11.5 Å². The van der Waals surface area contributed by atoms with Crippen molar-refractivity contribution >= 4 is 11.9 Å². The van der Waals surface area contributed by atoms with Crippen LogP contribution in [0.25, 0.3) is 0 Å². The number of carbonyl (C=O) groups excluding carboxylic acids is 1. The van der Waals surface area contributed by atoms with E-state index in [2.05, 4.69) is 5.32 Å². The lowest BCUT2D eigenvalue weighted by molar-refractivity contribution is -0.121. The van der Waals surface area contributed by atoms with Gasteiger partial charge in [-0.2, -0.15) is 0 Å². The van der Waals surface area contributed by atoms with E-state index in [1.165, 1.54) is 18.3 Å². The lowest BCUT2D eigenvalue weighted by Gasteiger charge is -2.08. The molecule has 21 heavy (non-hydrogen) atoms. The number of hydrogen-bond acceptors (Lipinski definition) is 3. The van der Waals surface area contributed by atoms with Gasteiger partial charge in [0, 0.05) is 12.7 Å². The van der Waals surface area contributed by atoms with Crippen molar-refractivity contribution in [2.45, 2.75) is 13.1 Å². The number of nitrogens with zero attached hydrogens (tertiary/aromatic N) is 1. The minimum absolute atomic E-state index is 0.215. The van der Waals surface area contributed by atoms with E-state index >= 15 is 0 Å². The highest BCUT2D eigenvalue weighted by Gasteiger charge is 2.11. The van der Waals surface area contributed by atoms with Gasteiger partial charge in [-0.1, -0.05) is 30.3 Å². The van der Waals surface area contributed by atoms with Crippen LogP contribution in [0.15, 0.2) is 53.5 Å². The van der Waals surface area contributed by atoms with Gasteiger partial charge in [0.15, 0.2) is 0 Å². The summed E-state index contributed by atoms with van der Waals surface area (Å²) in [6.45, 7) is 0.139. The first-order valence-electron chi connectivity index (χ1n) is 6.31. The van der Waals surface area contributed by atoms with E-state index in [9.17, 15) is 14.4 Å². The maximum absolute atomic E-state index is 11.8. The standard InChI is InChI=1S/C15H14N2O4/c18-13(16-9-11-5-2-1-3-6-11)10-17-8-4-7-12(14(17)19)15(20)21/h1-8H,9-10H2,(H,16,18)(H,20,21). The van der Waals surface area contributed by atoms with E-state index in [1.807, 2.05) is 30.3 Å². The van der Waals surface area contributed by atoms with Crippen LogP contribution >= 0.6 is 0 Å². The molecule has 0 aliphatic carbocycles. The monoisotopic (exact) mass is 286 g/mol. The largest absolute Gasteiger partial charge is 0.477 e.